The van der Waals surface area contributed by atoms with E-state index in [1.54, 1.807) is 24.3 Å². The third-order valence-corrected chi connectivity index (χ3v) is 5.60. The molecule has 0 aromatic heterocycles. The lowest BCUT2D eigenvalue weighted by molar-refractivity contribution is -0.142. The van der Waals surface area contributed by atoms with Gasteiger partial charge in [-0.2, -0.15) is 4.31 Å². The van der Waals surface area contributed by atoms with Gasteiger partial charge in [-0.3, -0.25) is 4.79 Å². The van der Waals surface area contributed by atoms with E-state index in [1.165, 1.54) is 0 Å². The Kier molecular flexibility index (Phi) is 4.45. The van der Waals surface area contributed by atoms with Crippen molar-refractivity contribution in [1.29, 1.82) is 0 Å². The molecule has 1 aliphatic rings. The minimum absolute atomic E-state index is 0.169. The van der Waals surface area contributed by atoms with Crippen LogP contribution in [-0.4, -0.2) is 36.4 Å². The zero-order valence-corrected chi connectivity index (χ0v) is 12.3. The molecule has 1 aromatic rings. The molecular weight excluding hydrogens is 278 g/mol. The Bertz CT molecular complexity index is 580. The van der Waals surface area contributed by atoms with Gasteiger partial charge in [-0.15, -0.1) is 0 Å². The normalized spacial score (nSPS) is 20.8. The molecule has 1 fully saturated rings. The number of carboxylic acid groups (broad SMARTS) is 1. The zero-order chi connectivity index (χ0) is 14.8. The summed E-state index contributed by atoms with van der Waals surface area (Å²) in [6.07, 6.45) is 2.66. The van der Waals surface area contributed by atoms with E-state index in [4.69, 9.17) is 0 Å². The maximum Gasteiger partial charge on any atom is 0.322 e. The van der Waals surface area contributed by atoms with E-state index in [2.05, 4.69) is 0 Å². The molecule has 1 heterocycles. The highest BCUT2D eigenvalue weighted by molar-refractivity contribution is 7.89. The number of carbonyl (C=O) groups is 1. The monoisotopic (exact) mass is 297 g/mol. The molecule has 20 heavy (non-hydrogen) atoms. The van der Waals surface area contributed by atoms with Gasteiger partial charge < -0.3 is 5.11 Å². The maximum atomic E-state index is 12.6. The Hall–Kier alpha value is -1.40. The maximum absolute atomic E-state index is 12.6. The van der Waals surface area contributed by atoms with Crippen molar-refractivity contribution in [3.63, 3.8) is 0 Å². The average molecular weight is 297 g/mol. The zero-order valence-electron chi connectivity index (χ0n) is 11.4. The first-order valence-electron chi connectivity index (χ1n) is 6.80. The van der Waals surface area contributed by atoms with Crippen molar-refractivity contribution in [2.75, 3.05) is 6.54 Å². The van der Waals surface area contributed by atoms with Crippen LogP contribution in [0.4, 0.5) is 0 Å². The largest absolute Gasteiger partial charge is 0.480 e. The summed E-state index contributed by atoms with van der Waals surface area (Å²) in [4.78, 5) is 11.4. The number of rotatable bonds is 4. The van der Waals surface area contributed by atoms with Gasteiger partial charge in [0.05, 0.1) is 4.90 Å². The predicted molar refractivity (Wildman–Crippen MR) is 75.0 cm³/mol. The number of aryl methyl sites for hydroxylation is 1. The molecular formula is C14H19NO4S. The number of aliphatic carboxylic acids is 1. The van der Waals surface area contributed by atoms with Gasteiger partial charge in [0.25, 0.3) is 0 Å². The summed E-state index contributed by atoms with van der Waals surface area (Å²) in [5, 5.41) is 9.19. The predicted octanol–water partition coefficient (Wildman–Crippen LogP) is 1.88. The molecule has 6 heteroatoms. The van der Waals surface area contributed by atoms with Crippen LogP contribution < -0.4 is 0 Å². The van der Waals surface area contributed by atoms with Crippen molar-refractivity contribution in [1.82, 2.24) is 4.31 Å². The fourth-order valence-corrected chi connectivity index (χ4v) is 4.12. The molecule has 0 amide bonds. The molecule has 1 saturated heterocycles. The highest BCUT2D eigenvalue weighted by Crippen LogP contribution is 2.25. The van der Waals surface area contributed by atoms with Crippen LogP contribution in [0.3, 0.4) is 0 Å². The van der Waals surface area contributed by atoms with Gasteiger partial charge in [-0.25, -0.2) is 8.42 Å². The summed E-state index contributed by atoms with van der Waals surface area (Å²) in [6, 6.07) is 5.71. The first-order chi connectivity index (χ1) is 9.46. The molecule has 1 aliphatic heterocycles. The quantitative estimate of drug-likeness (QED) is 0.920. The fraction of sp³-hybridized carbons (Fsp3) is 0.500. The highest BCUT2D eigenvalue weighted by atomic mass is 32.2. The second-order valence-electron chi connectivity index (χ2n) is 4.96. The van der Waals surface area contributed by atoms with Crippen molar-refractivity contribution >= 4 is 16.0 Å². The van der Waals surface area contributed by atoms with Gasteiger partial charge in [0, 0.05) is 6.54 Å². The number of piperidine rings is 1. The number of carboxylic acids is 1. The SMILES string of the molecule is CCc1ccc(S(=O)(=O)N2CCCCC2C(=O)O)cc1. The first kappa shape index (κ1) is 15.0. The number of hydrogen-bond donors (Lipinski definition) is 1. The standard InChI is InChI=1S/C14H19NO4S/c1-2-11-6-8-12(9-7-11)20(18,19)15-10-4-3-5-13(15)14(16)17/h6-9,13H,2-5,10H2,1H3,(H,16,17). The number of benzene rings is 1. The molecule has 1 aromatic carbocycles. The van der Waals surface area contributed by atoms with E-state index in [-0.39, 0.29) is 11.4 Å². The van der Waals surface area contributed by atoms with Crippen molar-refractivity contribution in [2.45, 2.75) is 43.5 Å². The topological polar surface area (TPSA) is 74.7 Å². The molecule has 1 unspecified atom stereocenters. The lowest BCUT2D eigenvalue weighted by atomic mass is 10.1. The van der Waals surface area contributed by atoms with E-state index in [0.29, 0.717) is 12.8 Å². The molecule has 0 bridgehead atoms. The molecule has 1 N–H and O–H groups in total. The Morgan fingerprint density at radius 3 is 2.50 bits per heavy atom. The summed E-state index contributed by atoms with van der Waals surface area (Å²) >= 11 is 0. The van der Waals surface area contributed by atoms with E-state index in [1.807, 2.05) is 6.92 Å². The van der Waals surface area contributed by atoms with Crippen LogP contribution >= 0.6 is 0 Å². The van der Waals surface area contributed by atoms with E-state index >= 15 is 0 Å². The van der Waals surface area contributed by atoms with Crippen LogP contribution in [0.25, 0.3) is 0 Å². The molecule has 1 atom stereocenters. The molecule has 0 saturated carbocycles. The highest BCUT2D eigenvalue weighted by Gasteiger charge is 2.37. The second kappa shape index (κ2) is 5.93. The average Bonchev–Trinajstić information content (AvgIpc) is 2.47. The third-order valence-electron chi connectivity index (χ3n) is 3.68. The van der Waals surface area contributed by atoms with Gasteiger partial charge in [0.2, 0.25) is 10.0 Å². The molecule has 2 rings (SSSR count). The van der Waals surface area contributed by atoms with Gasteiger partial charge in [0.15, 0.2) is 0 Å². The Balaban J connectivity index is 2.34. The summed E-state index contributed by atoms with van der Waals surface area (Å²) in [6.45, 7) is 2.27. The van der Waals surface area contributed by atoms with E-state index in [0.717, 1.165) is 22.7 Å². The Morgan fingerprint density at radius 2 is 1.95 bits per heavy atom. The van der Waals surface area contributed by atoms with Gasteiger partial charge >= 0.3 is 5.97 Å². The molecule has 0 radical (unpaired) electrons. The summed E-state index contributed by atoms with van der Waals surface area (Å²) in [5.74, 6) is -1.07. The van der Waals surface area contributed by atoms with Crippen LogP contribution in [0.15, 0.2) is 29.2 Å². The smallest absolute Gasteiger partial charge is 0.322 e. The lowest BCUT2D eigenvalue weighted by Gasteiger charge is -2.31. The van der Waals surface area contributed by atoms with Crippen molar-refractivity contribution in [2.24, 2.45) is 0 Å². The first-order valence-corrected chi connectivity index (χ1v) is 8.24. The number of sulfonamides is 1. The fourth-order valence-electron chi connectivity index (χ4n) is 2.47. The minimum Gasteiger partial charge on any atom is -0.480 e. The van der Waals surface area contributed by atoms with Crippen molar-refractivity contribution in [3.8, 4) is 0 Å². The van der Waals surface area contributed by atoms with Crippen molar-refractivity contribution < 1.29 is 18.3 Å². The van der Waals surface area contributed by atoms with Gasteiger partial charge in [0.1, 0.15) is 6.04 Å². The molecule has 0 spiro atoms. The van der Waals surface area contributed by atoms with Crippen LogP contribution in [0.2, 0.25) is 0 Å². The van der Waals surface area contributed by atoms with Crippen LogP contribution in [-0.2, 0) is 21.2 Å². The Morgan fingerprint density at radius 1 is 1.30 bits per heavy atom. The van der Waals surface area contributed by atoms with Crippen LogP contribution in [0.5, 0.6) is 0 Å². The van der Waals surface area contributed by atoms with Crippen molar-refractivity contribution in [3.05, 3.63) is 29.8 Å². The molecule has 110 valence electrons. The number of hydrogen-bond acceptors (Lipinski definition) is 3. The Labute approximate surface area is 119 Å². The summed E-state index contributed by atoms with van der Waals surface area (Å²) in [7, 11) is -3.73. The molecule has 0 aliphatic carbocycles. The molecule has 5 nitrogen and oxygen atoms in total. The third kappa shape index (κ3) is 2.86. The minimum atomic E-state index is -3.73. The summed E-state index contributed by atoms with van der Waals surface area (Å²) in [5.41, 5.74) is 1.05. The van der Waals surface area contributed by atoms with E-state index < -0.39 is 22.0 Å². The second-order valence-corrected chi connectivity index (χ2v) is 6.85. The van der Waals surface area contributed by atoms with Gasteiger partial charge in [-0.1, -0.05) is 19.1 Å². The van der Waals surface area contributed by atoms with Crippen LogP contribution in [0, 0.1) is 0 Å². The van der Waals surface area contributed by atoms with Crippen LogP contribution in [0.1, 0.15) is 31.7 Å². The van der Waals surface area contributed by atoms with Gasteiger partial charge in [-0.05, 0) is 43.4 Å². The van der Waals surface area contributed by atoms with E-state index in [9.17, 15) is 18.3 Å². The number of nitrogens with zero attached hydrogens (tertiary/aromatic N) is 1. The lowest BCUT2D eigenvalue weighted by Crippen LogP contribution is -2.47. The summed E-state index contributed by atoms with van der Waals surface area (Å²) < 4.78 is 26.3.